The number of imidazole rings is 1. The fourth-order valence-electron chi connectivity index (χ4n) is 5.10. The van der Waals surface area contributed by atoms with Gasteiger partial charge < -0.3 is 4.57 Å². The van der Waals surface area contributed by atoms with Gasteiger partial charge in [0.15, 0.2) is 10.8 Å². The van der Waals surface area contributed by atoms with Gasteiger partial charge in [0, 0.05) is 64.2 Å². The van der Waals surface area contributed by atoms with Gasteiger partial charge in [-0.05, 0) is 31.4 Å². The zero-order valence-corrected chi connectivity index (χ0v) is 21.0. The highest BCUT2D eigenvalue weighted by atomic mass is 35.5. The highest BCUT2D eigenvalue weighted by Gasteiger charge is 2.47. The van der Waals surface area contributed by atoms with Gasteiger partial charge in [-0.2, -0.15) is 4.31 Å². The lowest BCUT2D eigenvalue weighted by Crippen LogP contribution is -2.59. The summed E-state index contributed by atoms with van der Waals surface area (Å²) < 4.78 is 71.1. The fourth-order valence-corrected chi connectivity index (χ4v) is 6.75. The SMILES string of the molecule is Cn1cnc(S(=O)(=O)N2CCN(C3(CCC(=O)c4c(F)cccc4Cl)CCC(F)(F)CC3)CC2)c1. The van der Waals surface area contributed by atoms with Crippen LogP contribution in [0.3, 0.4) is 0 Å². The molecule has 35 heavy (non-hydrogen) atoms. The third-order valence-electron chi connectivity index (χ3n) is 7.17. The first-order valence-electron chi connectivity index (χ1n) is 11.5. The summed E-state index contributed by atoms with van der Waals surface area (Å²) in [5.74, 6) is -3.95. The summed E-state index contributed by atoms with van der Waals surface area (Å²) in [4.78, 5) is 18.8. The molecule has 2 heterocycles. The molecule has 7 nitrogen and oxygen atoms in total. The lowest BCUT2D eigenvalue weighted by atomic mass is 9.74. The van der Waals surface area contributed by atoms with Gasteiger partial charge in [0.25, 0.3) is 10.0 Å². The van der Waals surface area contributed by atoms with E-state index in [1.54, 1.807) is 11.6 Å². The summed E-state index contributed by atoms with van der Waals surface area (Å²) >= 11 is 6.04. The molecule has 0 spiro atoms. The summed E-state index contributed by atoms with van der Waals surface area (Å²) in [5.41, 5.74) is -0.882. The highest BCUT2D eigenvalue weighted by molar-refractivity contribution is 7.89. The van der Waals surface area contributed by atoms with Gasteiger partial charge in [0.05, 0.1) is 16.9 Å². The molecule has 0 amide bonds. The van der Waals surface area contributed by atoms with Gasteiger partial charge in [-0.25, -0.2) is 26.6 Å². The van der Waals surface area contributed by atoms with Crippen LogP contribution < -0.4 is 0 Å². The average molecular weight is 533 g/mol. The van der Waals surface area contributed by atoms with E-state index in [9.17, 15) is 26.4 Å². The van der Waals surface area contributed by atoms with Crippen molar-refractivity contribution in [2.75, 3.05) is 26.2 Å². The van der Waals surface area contributed by atoms with Crippen molar-refractivity contribution in [2.45, 2.75) is 55.0 Å². The lowest BCUT2D eigenvalue weighted by Gasteiger charge is -2.50. The number of benzene rings is 1. The Balaban J connectivity index is 1.49. The summed E-state index contributed by atoms with van der Waals surface area (Å²) in [5, 5.41) is -0.0135. The second-order valence-corrected chi connectivity index (χ2v) is 11.7. The molecule has 192 valence electrons. The van der Waals surface area contributed by atoms with Crippen molar-refractivity contribution in [1.82, 2.24) is 18.8 Å². The molecule has 2 fully saturated rings. The van der Waals surface area contributed by atoms with E-state index < -0.39 is 33.1 Å². The van der Waals surface area contributed by atoms with E-state index in [0.29, 0.717) is 13.1 Å². The van der Waals surface area contributed by atoms with Gasteiger partial charge >= 0.3 is 0 Å². The fraction of sp³-hybridized carbons (Fsp3) is 0.565. The lowest BCUT2D eigenvalue weighted by molar-refractivity contribution is -0.0891. The van der Waals surface area contributed by atoms with E-state index in [4.69, 9.17) is 11.6 Å². The molecule has 2 aliphatic rings. The second-order valence-electron chi connectivity index (χ2n) is 9.37. The van der Waals surface area contributed by atoms with E-state index >= 15 is 0 Å². The molecule has 1 aromatic heterocycles. The van der Waals surface area contributed by atoms with Crippen molar-refractivity contribution in [3.05, 3.63) is 47.1 Å². The molecule has 0 N–H and O–H groups in total. The summed E-state index contributed by atoms with van der Waals surface area (Å²) in [6.07, 6.45) is 2.79. The van der Waals surface area contributed by atoms with Crippen LogP contribution in [0.15, 0.2) is 35.7 Å². The number of ketones is 1. The predicted molar refractivity (Wildman–Crippen MR) is 125 cm³/mol. The number of carbonyl (C=O) groups is 1. The van der Waals surface area contributed by atoms with E-state index in [1.165, 1.54) is 29.0 Å². The number of carbonyl (C=O) groups excluding carboxylic acids is 1. The topological polar surface area (TPSA) is 75.5 Å². The van der Waals surface area contributed by atoms with Crippen LogP contribution in [-0.4, -0.2) is 70.6 Å². The van der Waals surface area contributed by atoms with Crippen molar-refractivity contribution < 1.29 is 26.4 Å². The first-order valence-corrected chi connectivity index (χ1v) is 13.3. The molecule has 0 bridgehead atoms. The maximum Gasteiger partial charge on any atom is 0.262 e. The van der Waals surface area contributed by atoms with Crippen LogP contribution in [0.2, 0.25) is 5.02 Å². The number of hydrogen-bond donors (Lipinski definition) is 0. The summed E-state index contributed by atoms with van der Waals surface area (Å²) in [6.45, 7) is 1.05. The maximum atomic E-state index is 14.2. The minimum absolute atomic E-state index is 0.0209. The van der Waals surface area contributed by atoms with E-state index in [2.05, 4.69) is 4.98 Å². The molecule has 0 atom stereocenters. The van der Waals surface area contributed by atoms with Crippen molar-refractivity contribution in [1.29, 1.82) is 0 Å². The van der Waals surface area contributed by atoms with Crippen LogP contribution >= 0.6 is 11.6 Å². The Morgan fingerprint density at radius 1 is 1.11 bits per heavy atom. The number of piperazine rings is 1. The number of aryl methyl sites for hydroxylation is 1. The van der Waals surface area contributed by atoms with Gasteiger partial charge in [0.2, 0.25) is 5.92 Å². The van der Waals surface area contributed by atoms with Crippen LogP contribution in [0.1, 0.15) is 48.9 Å². The summed E-state index contributed by atoms with van der Waals surface area (Å²) in [7, 11) is -2.08. The van der Waals surface area contributed by atoms with Gasteiger partial charge in [-0.1, -0.05) is 17.7 Å². The second kappa shape index (κ2) is 9.84. The van der Waals surface area contributed by atoms with Crippen LogP contribution in [0.25, 0.3) is 0 Å². The molecule has 1 aliphatic heterocycles. The zero-order chi connectivity index (χ0) is 25.4. The Hall–Kier alpha value is -1.95. The van der Waals surface area contributed by atoms with E-state index in [0.717, 1.165) is 6.07 Å². The van der Waals surface area contributed by atoms with Crippen molar-refractivity contribution in [2.24, 2.45) is 7.05 Å². The molecular weight excluding hydrogens is 505 g/mol. The van der Waals surface area contributed by atoms with Gasteiger partial charge in [-0.3, -0.25) is 9.69 Å². The number of Topliss-reactive ketones (excluding diaryl/α,β-unsaturated/α-hetero) is 1. The first-order chi connectivity index (χ1) is 16.4. The molecule has 0 unspecified atom stereocenters. The first kappa shape index (κ1) is 26.1. The molecular formula is C23H28ClF3N4O3S. The number of nitrogens with zero attached hydrogens (tertiary/aromatic N) is 4. The number of sulfonamides is 1. The Morgan fingerprint density at radius 3 is 2.34 bits per heavy atom. The molecule has 2 aromatic rings. The smallest absolute Gasteiger partial charge is 0.262 e. The predicted octanol–water partition coefficient (Wildman–Crippen LogP) is 4.13. The molecule has 0 radical (unpaired) electrons. The third-order valence-corrected chi connectivity index (χ3v) is 9.27. The Morgan fingerprint density at radius 2 is 1.77 bits per heavy atom. The highest BCUT2D eigenvalue weighted by Crippen LogP contribution is 2.44. The molecule has 1 aliphatic carbocycles. The standard InChI is InChI=1S/C23H28ClF3N4O3S/c1-29-15-20(28-16-29)35(33,34)31-13-11-30(12-14-31)22(7-9-23(26,27)10-8-22)6-5-19(32)21-17(24)3-2-4-18(21)25/h2-4,15-16H,5-14H2,1H3. The third kappa shape index (κ3) is 5.42. The molecule has 1 aromatic carbocycles. The van der Waals surface area contributed by atoms with Crippen molar-refractivity contribution >= 4 is 27.4 Å². The Kier molecular flexibility index (Phi) is 7.34. The quantitative estimate of drug-likeness (QED) is 0.501. The number of hydrogen-bond acceptors (Lipinski definition) is 5. The molecule has 1 saturated carbocycles. The van der Waals surface area contributed by atoms with E-state index in [-0.39, 0.29) is 67.2 Å². The van der Waals surface area contributed by atoms with E-state index in [1.807, 2.05) is 4.90 Å². The number of halogens is 4. The zero-order valence-electron chi connectivity index (χ0n) is 19.4. The number of alkyl halides is 2. The van der Waals surface area contributed by atoms with Crippen LogP contribution in [0.5, 0.6) is 0 Å². The molecule has 12 heteroatoms. The molecule has 1 saturated heterocycles. The van der Waals surface area contributed by atoms with Gasteiger partial charge in [0.1, 0.15) is 5.82 Å². The van der Waals surface area contributed by atoms with Crippen LogP contribution in [0, 0.1) is 5.82 Å². The minimum Gasteiger partial charge on any atom is -0.339 e. The summed E-state index contributed by atoms with van der Waals surface area (Å²) in [6, 6.07) is 4.02. The number of rotatable bonds is 7. The Bertz CT molecular complexity index is 1170. The normalized spacial score (nSPS) is 21.2. The van der Waals surface area contributed by atoms with Crippen molar-refractivity contribution in [3.8, 4) is 0 Å². The largest absolute Gasteiger partial charge is 0.339 e. The van der Waals surface area contributed by atoms with Crippen LogP contribution in [-0.2, 0) is 17.1 Å². The monoisotopic (exact) mass is 532 g/mol. The van der Waals surface area contributed by atoms with Crippen molar-refractivity contribution in [3.63, 3.8) is 0 Å². The Labute approximate surface area is 207 Å². The average Bonchev–Trinajstić information content (AvgIpc) is 3.26. The van der Waals surface area contributed by atoms with Crippen LogP contribution in [0.4, 0.5) is 13.2 Å². The maximum absolute atomic E-state index is 14.2. The number of aromatic nitrogens is 2. The minimum atomic E-state index is -3.76. The van der Waals surface area contributed by atoms with Gasteiger partial charge in [-0.15, -0.1) is 0 Å². The molecule has 4 rings (SSSR count).